The number of ether oxygens (including phenoxy) is 2. The van der Waals surface area contributed by atoms with Gasteiger partial charge in [-0.2, -0.15) is 0 Å². The van der Waals surface area contributed by atoms with Crippen LogP contribution in [-0.4, -0.2) is 38.5 Å². The number of thiophene rings is 1. The van der Waals surface area contributed by atoms with Crippen LogP contribution in [0.15, 0.2) is 24.3 Å². The molecule has 160 valence electrons. The quantitative estimate of drug-likeness (QED) is 0.608. The average Bonchev–Trinajstić information content (AvgIpc) is 3.18. The summed E-state index contributed by atoms with van der Waals surface area (Å²) in [5.41, 5.74) is 6.27. The molecule has 0 fully saturated rings. The van der Waals surface area contributed by atoms with E-state index >= 15 is 0 Å². The van der Waals surface area contributed by atoms with Crippen molar-refractivity contribution in [3.63, 3.8) is 0 Å². The van der Waals surface area contributed by atoms with Crippen LogP contribution in [-0.2, 0) is 17.6 Å². The van der Waals surface area contributed by atoms with Gasteiger partial charge in [-0.25, -0.2) is 0 Å². The summed E-state index contributed by atoms with van der Waals surface area (Å²) in [5.74, 6) is 0.192. The summed E-state index contributed by atoms with van der Waals surface area (Å²) in [5, 5.41) is 2.50. The Balaban J connectivity index is 1.48. The van der Waals surface area contributed by atoms with Crippen LogP contribution in [0.25, 0.3) is 0 Å². The number of amides is 3. The van der Waals surface area contributed by atoms with Crippen molar-refractivity contribution in [1.29, 1.82) is 0 Å². The monoisotopic (exact) mass is 431 g/mol. The highest BCUT2D eigenvalue weighted by Crippen LogP contribution is 2.32. The van der Waals surface area contributed by atoms with Crippen LogP contribution < -0.4 is 25.6 Å². The Morgan fingerprint density at radius 3 is 2.57 bits per heavy atom. The third-order valence-corrected chi connectivity index (χ3v) is 6.16. The molecule has 1 atom stereocenters. The average molecular weight is 432 g/mol. The molecule has 3 rings (SSSR count). The molecule has 1 heterocycles. The van der Waals surface area contributed by atoms with Crippen molar-refractivity contribution in [1.82, 2.24) is 16.2 Å². The minimum atomic E-state index is -0.535. The first-order valence-corrected chi connectivity index (χ1v) is 10.4. The highest BCUT2D eigenvalue weighted by Gasteiger charge is 2.21. The molecule has 0 spiro atoms. The summed E-state index contributed by atoms with van der Waals surface area (Å²) in [6, 6.07) is 6.59. The molecule has 0 bridgehead atoms. The van der Waals surface area contributed by atoms with Gasteiger partial charge in [0.2, 0.25) is 0 Å². The van der Waals surface area contributed by atoms with Crippen LogP contribution in [0.3, 0.4) is 0 Å². The first kappa shape index (κ1) is 21.6. The van der Waals surface area contributed by atoms with Crippen LogP contribution in [0.1, 0.15) is 43.8 Å². The van der Waals surface area contributed by atoms with Crippen molar-refractivity contribution in [2.45, 2.75) is 26.2 Å². The van der Waals surface area contributed by atoms with E-state index in [9.17, 15) is 14.4 Å². The number of carbonyl (C=O) groups excluding carboxylic acids is 3. The maximum atomic E-state index is 12.3. The van der Waals surface area contributed by atoms with Gasteiger partial charge in [0.1, 0.15) is 0 Å². The van der Waals surface area contributed by atoms with E-state index in [0.717, 1.165) is 19.3 Å². The molecule has 1 aromatic heterocycles. The van der Waals surface area contributed by atoms with Gasteiger partial charge in [-0.15, -0.1) is 11.3 Å². The summed E-state index contributed by atoms with van der Waals surface area (Å²) in [6.45, 7) is 1.92. The molecule has 1 aliphatic carbocycles. The van der Waals surface area contributed by atoms with E-state index < -0.39 is 11.8 Å². The molecule has 3 amide bonds. The van der Waals surface area contributed by atoms with E-state index in [2.05, 4.69) is 23.1 Å². The molecule has 2 aromatic rings. The Hall–Kier alpha value is -3.07. The third kappa shape index (κ3) is 5.10. The molecule has 1 aromatic carbocycles. The van der Waals surface area contributed by atoms with Gasteiger partial charge in [0.15, 0.2) is 11.5 Å². The molecule has 30 heavy (non-hydrogen) atoms. The second-order valence-electron chi connectivity index (χ2n) is 7.16. The molecule has 0 aliphatic heterocycles. The number of rotatable bonds is 6. The first-order chi connectivity index (χ1) is 14.4. The van der Waals surface area contributed by atoms with Crippen molar-refractivity contribution in [3.05, 3.63) is 45.1 Å². The molecule has 1 aliphatic rings. The third-order valence-electron chi connectivity index (χ3n) is 4.92. The van der Waals surface area contributed by atoms with Gasteiger partial charge in [-0.1, -0.05) is 6.92 Å². The predicted molar refractivity (Wildman–Crippen MR) is 113 cm³/mol. The molecule has 0 saturated carbocycles. The van der Waals surface area contributed by atoms with Crippen molar-refractivity contribution >= 4 is 29.1 Å². The molecule has 3 N–H and O–H groups in total. The van der Waals surface area contributed by atoms with Gasteiger partial charge in [-0.3, -0.25) is 25.2 Å². The number of fused-ring (bicyclic) bond motifs is 1. The van der Waals surface area contributed by atoms with E-state index in [-0.39, 0.29) is 12.5 Å². The van der Waals surface area contributed by atoms with Crippen LogP contribution in [0.5, 0.6) is 11.5 Å². The standard InChI is InChI=1S/C21H25N3O5S/c1-12-4-7-17-14(8-12)10-18(30-17)21(27)24-23-19(25)11-22-20(26)13-5-6-15(28-2)16(9-13)29-3/h5-6,9-10,12H,4,7-8,11H2,1-3H3,(H,22,26)(H,23,25)(H,24,27). The van der Waals surface area contributed by atoms with E-state index in [0.29, 0.717) is 27.9 Å². The number of nitrogens with one attached hydrogen (secondary N) is 3. The molecular weight excluding hydrogens is 406 g/mol. The molecule has 0 saturated heterocycles. The second kappa shape index (κ2) is 9.62. The number of hydrogen-bond acceptors (Lipinski definition) is 6. The molecule has 1 unspecified atom stereocenters. The molecule has 9 heteroatoms. The SMILES string of the molecule is COc1ccc(C(=O)NCC(=O)NNC(=O)c2cc3c(s2)CCC(C)C3)cc1OC. The molecule has 0 radical (unpaired) electrons. The Kier molecular flexibility index (Phi) is 6.94. The van der Waals surface area contributed by atoms with E-state index in [4.69, 9.17) is 9.47 Å². The Morgan fingerprint density at radius 1 is 1.07 bits per heavy atom. The van der Waals surface area contributed by atoms with E-state index in [1.807, 2.05) is 6.07 Å². The van der Waals surface area contributed by atoms with Crippen molar-refractivity contribution < 1.29 is 23.9 Å². The van der Waals surface area contributed by atoms with Crippen molar-refractivity contribution in [2.75, 3.05) is 20.8 Å². The van der Waals surface area contributed by atoms with Crippen LogP contribution >= 0.6 is 11.3 Å². The van der Waals surface area contributed by atoms with Gasteiger partial charge in [0.25, 0.3) is 17.7 Å². The number of benzene rings is 1. The summed E-state index contributed by atoms with van der Waals surface area (Å²) < 4.78 is 10.3. The Bertz CT molecular complexity index is 956. The lowest BCUT2D eigenvalue weighted by molar-refractivity contribution is -0.120. The van der Waals surface area contributed by atoms with Crippen LogP contribution in [0, 0.1) is 5.92 Å². The van der Waals surface area contributed by atoms with Gasteiger partial charge in [-0.05, 0) is 55.0 Å². The van der Waals surface area contributed by atoms with Crippen LogP contribution in [0.4, 0.5) is 0 Å². The maximum Gasteiger partial charge on any atom is 0.279 e. The van der Waals surface area contributed by atoms with E-state index in [1.165, 1.54) is 42.1 Å². The van der Waals surface area contributed by atoms with Gasteiger partial charge < -0.3 is 14.8 Å². The fourth-order valence-corrected chi connectivity index (χ4v) is 4.39. The molecule has 8 nitrogen and oxygen atoms in total. The van der Waals surface area contributed by atoms with Gasteiger partial charge in [0.05, 0.1) is 25.6 Å². The predicted octanol–water partition coefficient (Wildman–Crippen LogP) is 2.08. The number of carbonyl (C=O) groups is 3. The second-order valence-corrected chi connectivity index (χ2v) is 8.30. The number of hydrogen-bond donors (Lipinski definition) is 3. The van der Waals surface area contributed by atoms with Crippen LogP contribution in [0.2, 0.25) is 0 Å². The lowest BCUT2D eigenvalue weighted by atomic mass is 9.90. The number of aryl methyl sites for hydroxylation is 1. The minimum absolute atomic E-state index is 0.286. The zero-order valence-electron chi connectivity index (χ0n) is 17.2. The normalized spacial score (nSPS) is 15.0. The largest absolute Gasteiger partial charge is 0.493 e. The van der Waals surface area contributed by atoms with E-state index in [1.54, 1.807) is 12.1 Å². The Labute approximate surface area is 178 Å². The lowest BCUT2D eigenvalue weighted by Crippen LogP contribution is -2.46. The zero-order valence-corrected chi connectivity index (χ0v) is 18.0. The topological polar surface area (TPSA) is 106 Å². The summed E-state index contributed by atoms with van der Waals surface area (Å²) in [7, 11) is 2.97. The number of hydrazine groups is 1. The number of methoxy groups -OCH3 is 2. The Morgan fingerprint density at radius 2 is 1.83 bits per heavy atom. The zero-order chi connectivity index (χ0) is 21.7. The smallest absolute Gasteiger partial charge is 0.279 e. The van der Waals surface area contributed by atoms with Gasteiger partial charge >= 0.3 is 0 Å². The van der Waals surface area contributed by atoms with Crippen molar-refractivity contribution in [3.8, 4) is 11.5 Å². The maximum absolute atomic E-state index is 12.3. The minimum Gasteiger partial charge on any atom is -0.493 e. The van der Waals surface area contributed by atoms with Gasteiger partial charge in [0, 0.05) is 10.4 Å². The lowest BCUT2D eigenvalue weighted by Gasteiger charge is -2.16. The molecular formula is C21H25N3O5S. The fraction of sp³-hybridized carbons (Fsp3) is 0.381. The summed E-state index contributed by atoms with van der Waals surface area (Å²) in [4.78, 5) is 38.4. The van der Waals surface area contributed by atoms with Crippen molar-refractivity contribution in [2.24, 2.45) is 5.92 Å². The summed E-state index contributed by atoms with van der Waals surface area (Å²) >= 11 is 1.46. The summed E-state index contributed by atoms with van der Waals surface area (Å²) in [6.07, 6.45) is 3.10. The fourth-order valence-electron chi connectivity index (χ4n) is 3.29. The highest BCUT2D eigenvalue weighted by molar-refractivity contribution is 7.14. The first-order valence-electron chi connectivity index (χ1n) is 9.62. The highest BCUT2D eigenvalue weighted by atomic mass is 32.1.